The van der Waals surface area contributed by atoms with E-state index in [1.165, 1.54) is 6.33 Å². The predicted molar refractivity (Wildman–Crippen MR) is 95.3 cm³/mol. The lowest BCUT2D eigenvalue weighted by Crippen LogP contribution is -2.37. The molecule has 0 saturated carbocycles. The molecule has 0 fully saturated rings. The number of fused-ring (bicyclic) bond motifs is 3. The topological polar surface area (TPSA) is 64.2 Å². The zero-order valence-electron chi connectivity index (χ0n) is 13.5. The van der Waals surface area contributed by atoms with E-state index in [-0.39, 0.29) is 11.4 Å². The monoisotopic (exact) mass is 342 g/mol. The van der Waals surface area contributed by atoms with E-state index in [1.54, 1.807) is 30.2 Å². The van der Waals surface area contributed by atoms with E-state index < -0.39 is 0 Å². The van der Waals surface area contributed by atoms with Crippen molar-refractivity contribution >= 4 is 16.9 Å². The fourth-order valence-corrected chi connectivity index (χ4v) is 4.95. The second kappa shape index (κ2) is 5.84. The van der Waals surface area contributed by atoms with Gasteiger partial charge in [-0.25, -0.2) is 14.4 Å². The van der Waals surface area contributed by atoms with Gasteiger partial charge in [0.05, 0.1) is 5.54 Å². The van der Waals surface area contributed by atoms with Crippen LogP contribution in [0.1, 0.15) is 30.9 Å². The summed E-state index contributed by atoms with van der Waals surface area (Å²) in [5, 5.41) is 0.621. The molecular weight excluding hydrogens is 323 g/mol. The molecule has 0 saturated heterocycles. The van der Waals surface area contributed by atoms with Gasteiger partial charge in [0.2, 0.25) is 0 Å². The van der Waals surface area contributed by atoms with Crippen LogP contribution in [-0.4, -0.2) is 20.9 Å². The summed E-state index contributed by atoms with van der Waals surface area (Å²) in [7, 11) is 0. The highest BCUT2D eigenvalue weighted by Crippen LogP contribution is 2.47. The molecule has 1 aromatic carbocycles. The van der Waals surface area contributed by atoms with E-state index in [1.807, 2.05) is 6.07 Å². The Hall–Kier alpha value is -1.95. The van der Waals surface area contributed by atoms with Crippen LogP contribution >= 0.6 is 11.8 Å². The molecule has 24 heavy (non-hydrogen) atoms. The average molecular weight is 342 g/mol. The zero-order valence-corrected chi connectivity index (χ0v) is 14.3. The molecule has 2 heterocycles. The normalized spacial score (nSPS) is 26.1. The molecule has 2 N–H and O–H groups in total. The summed E-state index contributed by atoms with van der Waals surface area (Å²) < 4.78 is 14.7. The Kier molecular flexibility index (Phi) is 3.79. The number of aromatic nitrogens is 2. The molecule has 1 aromatic heterocycles. The summed E-state index contributed by atoms with van der Waals surface area (Å²) in [5.74, 6) is 1.15. The van der Waals surface area contributed by atoms with Crippen LogP contribution in [0.15, 0.2) is 35.8 Å². The highest BCUT2D eigenvalue weighted by molar-refractivity contribution is 8.13. The molecule has 2 aromatic rings. The van der Waals surface area contributed by atoms with Crippen LogP contribution < -0.4 is 5.73 Å². The van der Waals surface area contributed by atoms with Gasteiger partial charge in [0, 0.05) is 29.3 Å². The van der Waals surface area contributed by atoms with Gasteiger partial charge in [-0.2, -0.15) is 0 Å². The SMILES string of the molecule is CC12N=C(N)SCC1CCCc1cc(F)c(-c3cncnc3)cc12. The number of aliphatic imine (C=N–C) groups is 1. The maximum Gasteiger partial charge on any atom is 0.154 e. The van der Waals surface area contributed by atoms with Crippen LogP contribution in [-0.2, 0) is 12.0 Å². The van der Waals surface area contributed by atoms with E-state index in [4.69, 9.17) is 10.7 Å². The van der Waals surface area contributed by atoms with Crippen molar-refractivity contribution in [3.8, 4) is 11.1 Å². The molecule has 1 aliphatic carbocycles. The van der Waals surface area contributed by atoms with Gasteiger partial charge >= 0.3 is 0 Å². The van der Waals surface area contributed by atoms with Crippen LogP contribution in [0.2, 0.25) is 0 Å². The molecular formula is C18H19FN4S. The predicted octanol–water partition coefficient (Wildman–Crippen LogP) is 3.51. The second-order valence-electron chi connectivity index (χ2n) is 6.61. The van der Waals surface area contributed by atoms with Crippen molar-refractivity contribution in [3.63, 3.8) is 0 Å². The maximum absolute atomic E-state index is 14.7. The third kappa shape index (κ3) is 2.49. The Morgan fingerprint density at radius 2 is 2.08 bits per heavy atom. The van der Waals surface area contributed by atoms with Crippen molar-refractivity contribution in [2.45, 2.75) is 31.7 Å². The Morgan fingerprint density at radius 1 is 1.29 bits per heavy atom. The summed E-state index contributed by atoms with van der Waals surface area (Å²) >= 11 is 1.62. The lowest BCUT2D eigenvalue weighted by molar-refractivity contribution is 0.317. The Labute approximate surface area is 144 Å². The number of aryl methyl sites for hydroxylation is 1. The Bertz CT molecular complexity index is 808. The number of hydrogen-bond acceptors (Lipinski definition) is 5. The van der Waals surface area contributed by atoms with Crippen molar-refractivity contribution in [1.82, 2.24) is 9.97 Å². The third-order valence-electron chi connectivity index (χ3n) is 5.18. The lowest BCUT2D eigenvalue weighted by Gasteiger charge is -2.38. The molecule has 6 heteroatoms. The molecule has 2 aliphatic rings. The molecule has 0 spiro atoms. The fourth-order valence-electron chi connectivity index (χ4n) is 3.84. The molecule has 4 rings (SSSR count). The zero-order chi connectivity index (χ0) is 16.7. The van der Waals surface area contributed by atoms with Gasteiger partial charge in [0.1, 0.15) is 12.1 Å². The minimum Gasteiger partial charge on any atom is -0.379 e. The summed E-state index contributed by atoms with van der Waals surface area (Å²) in [5.41, 5.74) is 8.99. The second-order valence-corrected chi connectivity index (χ2v) is 7.65. The van der Waals surface area contributed by atoms with E-state index in [0.717, 1.165) is 36.1 Å². The fraction of sp³-hybridized carbons (Fsp3) is 0.389. The number of nitrogens with zero attached hydrogens (tertiary/aromatic N) is 3. The first-order chi connectivity index (χ1) is 11.6. The summed E-state index contributed by atoms with van der Waals surface area (Å²) in [6.07, 6.45) is 7.75. The van der Waals surface area contributed by atoms with Crippen LogP contribution in [0.4, 0.5) is 4.39 Å². The highest BCUT2D eigenvalue weighted by atomic mass is 32.2. The first-order valence-corrected chi connectivity index (χ1v) is 9.13. The van der Waals surface area contributed by atoms with Gasteiger partial charge in [0.15, 0.2) is 5.17 Å². The van der Waals surface area contributed by atoms with Crippen LogP contribution in [0.5, 0.6) is 0 Å². The standard InChI is InChI=1S/C18H19FN4S/c1-18-13(9-24-17(20)23-18)4-2-3-11-5-16(19)14(6-15(11)18)12-7-21-10-22-8-12/h5-8,10,13H,2-4,9H2,1H3,(H2,20,23). The van der Waals surface area contributed by atoms with E-state index in [9.17, 15) is 4.39 Å². The largest absolute Gasteiger partial charge is 0.379 e. The van der Waals surface area contributed by atoms with Gasteiger partial charge in [-0.05, 0) is 55.4 Å². The number of thioether (sulfide) groups is 1. The Morgan fingerprint density at radius 3 is 2.88 bits per heavy atom. The number of halogens is 1. The number of rotatable bonds is 1. The molecule has 0 bridgehead atoms. The maximum atomic E-state index is 14.7. The van der Waals surface area contributed by atoms with Gasteiger partial charge in [-0.1, -0.05) is 11.8 Å². The highest BCUT2D eigenvalue weighted by Gasteiger charge is 2.42. The average Bonchev–Trinajstić information content (AvgIpc) is 2.70. The van der Waals surface area contributed by atoms with Gasteiger partial charge in [-0.15, -0.1) is 0 Å². The summed E-state index contributed by atoms with van der Waals surface area (Å²) in [6.45, 7) is 2.14. The minimum atomic E-state index is -0.390. The molecule has 1 aliphatic heterocycles. The van der Waals surface area contributed by atoms with Gasteiger partial charge < -0.3 is 5.73 Å². The van der Waals surface area contributed by atoms with Crippen molar-refractivity contribution in [2.24, 2.45) is 16.6 Å². The minimum absolute atomic E-state index is 0.229. The van der Waals surface area contributed by atoms with Crippen molar-refractivity contribution in [2.75, 3.05) is 5.75 Å². The lowest BCUT2D eigenvalue weighted by atomic mass is 9.78. The molecule has 4 nitrogen and oxygen atoms in total. The molecule has 0 radical (unpaired) electrons. The number of amidine groups is 1. The van der Waals surface area contributed by atoms with Gasteiger partial charge in [0.25, 0.3) is 0 Å². The van der Waals surface area contributed by atoms with E-state index >= 15 is 0 Å². The van der Waals surface area contributed by atoms with E-state index in [0.29, 0.717) is 22.2 Å². The van der Waals surface area contributed by atoms with E-state index in [2.05, 4.69) is 16.9 Å². The van der Waals surface area contributed by atoms with Gasteiger partial charge in [-0.3, -0.25) is 4.99 Å². The van der Waals surface area contributed by atoms with Crippen molar-refractivity contribution in [1.29, 1.82) is 0 Å². The summed E-state index contributed by atoms with van der Waals surface area (Å²) in [6, 6.07) is 3.60. The van der Waals surface area contributed by atoms with Crippen molar-refractivity contribution < 1.29 is 4.39 Å². The quantitative estimate of drug-likeness (QED) is 0.861. The first kappa shape index (κ1) is 15.6. The molecule has 124 valence electrons. The van der Waals surface area contributed by atoms with Crippen LogP contribution in [0, 0.1) is 11.7 Å². The molecule has 2 atom stereocenters. The number of nitrogens with two attached hydrogens (primary N) is 1. The molecule has 2 unspecified atom stereocenters. The van der Waals surface area contributed by atoms with Crippen molar-refractivity contribution in [3.05, 3.63) is 47.8 Å². The number of benzene rings is 1. The summed E-state index contributed by atoms with van der Waals surface area (Å²) in [4.78, 5) is 12.8. The number of hydrogen-bond donors (Lipinski definition) is 1. The third-order valence-corrected chi connectivity index (χ3v) is 6.13. The Balaban J connectivity index is 1.93. The smallest absolute Gasteiger partial charge is 0.154 e. The molecule has 0 amide bonds. The first-order valence-electron chi connectivity index (χ1n) is 8.14. The van der Waals surface area contributed by atoms with Crippen LogP contribution in [0.25, 0.3) is 11.1 Å². The van der Waals surface area contributed by atoms with Crippen LogP contribution in [0.3, 0.4) is 0 Å².